The van der Waals surface area contributed by atoms with Crippen molar-refractivity contribution in [2.45, 2.75) is 19.4 Å². The third-order valence-electron chi connectivity index (χ3n) is 4.46. The fraction of sp³-hybridized carbons (Fsp3) is 0.300. The van der Waals surface area contributed by atoms with Gasteiger partial charge in [-0.05, 0) is 42.7 Å². The Morgan fingerprint density at radius 3 is 2.69 bits per heavy atom. The van der Waals surface area contributed by atoms with Crippen molar-refractivity contribution in [3.8, 4) is 0 Å². The van der Waals surface area contributed by atoms with Crippen molar-refractivity contribution < 1.29 is 14.0 Å². The molecule has 5 nitrogen and oxygen atoms in total. The number of nitrogens with one attached hydrogen (secondary N) is 2. The summed E-state index contributed by atoms with van der Waals surface area (Å²) in [5.74, 6) is -0.677. The number of anilines is 1. The second-order valence-corrected chi connectivity index (χ2v) is 6.43. The van der Waals surface area contributed by atoms with Crippen LogP contribution < -0.4 is 10.6 Å². The number of amides is 3. The van der Waals surface area contributed by atoms with Crippen LogP contribution in [0.2, 0.25) is 0 Å². The summed E-state index contributed by atoms with van der Waals surface area (Å²) in [6.45, 7) is 1.29. The van der Waals surface area contributed by atoms with Gasteiger partial charge in [-0.25, -0.2) is 9.18 Å². The second-order valence-electron chi connectivity index (χ2n) is 6.43. The molecule has 1 fully saturated rings. The van der Waals surface area contributed by atoms with Crippen LogP contribution in [0.25, 0.3) is 0 Å². The second kappa shape index (κ2) is 8.47. The number of urea groups is 1. The number of carbonyl (C=O) groups excluding carboxylic acids is 2. The van der Waals surface area contributed by atoms with Crippen LogP contribution in [-0.2, 0) is 11.3 Å². The van der Waals surface area contributed by atoms with Gasteiger partial charge in [-0.1, -0.05) is 30.3 Å². The summed E-state index contributed by atoms with van der Waals surface area (Å²) in [5, 5.41) is 5.69. The Balaban J connectivity index is 1.52. The average Bonchev–Trinajstić information content (AvgIpc) is 2.67. The molecule has 1 heterocycles. The molecule has 3 rings (SSSR count). The summed E-state index contributed by atoms with van der Waals surface area (Å²) in [6.07, 6.45) is 1.52. The molecule has 2 aromatic rings. The molecule has 0 aliphatic carbocycles. The molecule has 0 bridgehead atoms. The lowest BCUT2D eigenvalue weighted by Gasteiger charge is -2.32. The van der Waals surface area contributed by atoms with Crippen LogP contribution in [-0.4, -0.2) is 29.9 Å². The zero-order chi connectivity index (χ0) is 18.4. The molecular weight excluding hydrogens is 333 g/mol. The number of para-hydroxylation sites is 1. The van der Waals surface area contributed by atoms with E-state index in [2.05, 4.69) is 10.6 Å². The van der Waals surface area contributed by atoms with E-state index < -0.39 is 0 Å². The highest BCUT2D eigenvalue weighted by Gasteiger charge is 2.28. The molecule has 26 heavy (non-hydrogen) atoms. The maximum Gasteiger partial charge on any atom is 0.321 e. The standard InChI is InChI=1S/C20H22FN3O2/c21-17-8-4-6-15(12-17)13-22-19(25)16-7-5-11-24(14-16)20(26)23-18-9-2-1-3-10-18/h1-4,6,8-10,12,16H,5,7,11,13-14H2,(H,22,25)(H,23,26). The van der Waals surface area contributed by atoms with Gasteiger partial charge >= 0.3 is 6.03 Å². The van der Waals surface area contributed by atoms with Gasteiger partial charge in [0, 0.05) is 25.3 Å². The van der Waals surface area contributed by atoms with Crippen molar-refractivity contribution in [2.24, 2.45) is 5.92 Å². The number of carbonyl (C=O) groups is 2. The number of rotatable bonds is 4. The number of benzene rings is 2. The molecule has 2 aromatic carbocycles. The van der Waals surface area contributed by atoms with Gasteiger partial charge in [0.2, 0.25) is 5.91 Å². The molecule has 0 spiro atoms. The summed E-state index contributed by atoms with van der Waals surface area (Å²) in [4.78, 5) is 26.5. The van der Waals surface area contributed by atoms with Gasteiger partial charge in [0.15, 0.2) is 0 Å². The Morgan fingerprint density at radius 2 is 1.92 bits per heavy atom. The van der Waals surface area contributed by atoms with E-state index >= 15 is 0 Å². The number of hydrogen-bond donors (Lipinski definition) is 2. The molecule has 1 saturated heterocycles. The Kier molecular flexibility index (Phi) is 5.84. The lowest BCUT2D eigenvalue weighted by molar-refractivity contribution is -0.126. The van der Waals surface area contributed by atoms with E-state index in [1.807, 2.05) is 30.3 Å². The topological polar surface area (TPSA) is 61.4 Å². The fourth-order valence-corrected chi connectivity index (χ4v) is 3.08. The molecule has 136 valence electrons. The van der Waals surface area contributed by atoms with Crippen molar-refractivity contribution in [3.63, 3.8) is 0 Å². The number of piperidine rings is 1. The van der Waals surface area contributed by atoms with Gasteiger partial charge < -0.3 is 15.5 Å². The third-order valence-corrected chi connectivity index (χ3v) is 4.46. The first-order valence-corrected chi connectivity index (χ1v) is 8.75. The highest BCUT2D eigenvalue weighted by molar-refractivity contribution is 5.90. The predicted octanol–water partition coefficient (Wildman–Crippen LogP) is 3.39. The van der Waals surface area contributed by atoms with E-state index in [9.17, 15) is 14.0 Å². The average molecular weight is 355 g/mol. The molecular formula is C20H22FN3O2. The first-order valence-electron chi connectivity index (χ1n) is 8.75. The predicted molar refractivity (Wildman–Crippen MR) is 98.0 cm³/mol. The minimum atomic E-state index is -0.321. The number of halogens is 1. The molecule has 2 N–H and O–H groups in total. The van der Waals surface area contributed by atoms with Gasteiger partial charge in [0.05, 0.1) is 5.92 Å². The van der Waals surface area contributed by atoms with Crippen molar-refractivity contribution in [2.75, 3.05) is 18.4 Å². The lowest BCUT2D eigenvalue weighted by Crippen LogP contribution is -2.46. The molecule has 1 aliphatic rings. The maximum absolute atomic E-state index is 13.2. The highest BCUT2D eigenvalue weighted by Crippen LogP contribution is 2.18. The smallest absolute Gasteiger partial charge is 0.321 e. The summed E-state index contributed by atoms with van der Waals surface area (Å²) in [6, 6.07) is 15.2. The quantitative estimate of drug-likeness (QED) is 0.883. The molecule has 0 aromatic heterocycles. The van der Waals surface area contributed by atoms with Gasteiger partial charge in [0.1, 0.15) is 5.82 Å². The first-order chi connectivity index (χ1) is 12.6. The highest BCUT2D eigenvalue weighted by atomic mass is 19.1. The molecule has 1 aliphatic heterocycles. The molecule has 1 unspecified atom stereocenters. The van der Waals surface area contributed by atoms with Crippen molar-refractivity contribution in [3.05, 3.63) is 66.0 Å². The van der Waals surface area contributed by atoms with E-state index in [0.29, 0.717) is 18.7 Å². The van der Waals surface area contributed by atoms with E-state index in [-0.39, 0.29) is 30.2 Å². The lowest BCUT2D eigenvalue weighted by atomic mass is 9.97. The Hall–Kier alpha value is -2.89. The Morgan fingerprint density at radius 1 is 1.12 bits per heavy atom. The Bertz CT molecular complexity index is 767. The molecule has 3 amide bonds. The third kappa shape index (κ3) is 4.81. The zero-order valence-corrected chi connectivity index (χ0v) is 14.5. The summed E-state index contributed by atoms with van der Waals surface area (Å²) < 4.78 is 13.2. The van der Waals surface area contributed by atoms with Crippen LogP contribution in [0.4, 0.5) is 14.9 Å². The van der Waals surface area contributed by atoms with Crippen LogP contribution in [0.5, 0.6) is 0 Å². The van der Waals surface area contributed by atoms with Crippen LogP contribution in [0, 0.1) is 11.7 Å². The minimum absolute atomic E-state index is 0.105. The Labute approximate surface area is 152 Å². The zero-order valence-electron chi connectivity index (χ0n) is 14.5. The number of nitrogens with zero attached hydrogens (tertiary/aromatic N) is 1. The van der Waals surface area contributed by atoms with Crippen LogP contribution in [0.15, 0.2) is 54.6 Å². The number of hydrogen-bond acceptors (Lipinski definition) is 2. The van der Waals surface area contributed by atoms with Gasteiger partial charge in [-0.2, -0.15) is 0 Å². The summed E-state index contributed by atoms with van der Waals surface area (Å²) >= 11 is 0. The normalized spacial score (nSPS) is 16.8. The molecule has 0 radical (unpaired) electrons. The van der Waals surface area contributed by atoms with Crippen molar-refractivity contribution >= 4 is 17.6 Å². The summed E-state index contributed by atoms with van der Waals surface area (Å²) in [7, 11) is 0. The minimum Gasteiger partial charge on any atom is -0.352 e. The number of likely N-dealkylation sites (tertiary alicyclic amines) is 1. The van der Waals surface area contributed by atoms with E-state index in [1.165, 1.54) is 12.1 Å². The molecule has 1 atom stereocenters. The summed E-state index contributed by atoms with van der Waals surface area (Å²) in [5.41, 5.74) is 1.45. The monoisotopic (exact) mass is 355 g/mol. The largest absolute Gasteiger partial charge is 0.352 e. The van der Waals surface area contributed by atoms with Gasteiger partial charge in [-0.3, -0.25) is 4.79 Å². The van der Waals surface area contributed by atoms with Gasteiger partial charge in [0.25, 0.3) is 0 Å². The van der Waals surface area contributed by atoms with E-state index in [0.717, 1.165) is 18.5 Å². The SMILES string of the molecule is O=C(NCc1cccc(F)c1)C1CCCN(C(=O)Nc2ccccc2)C1. The van der Waals surface area contributed by atoms with E-state index in [4.69, 9.17) is 0 Å². The van der Waals surface area contributed by atoms with Crippen LogP contribution in [0.1, 0.15) is 18.4 Å². The maximum atomic E-state index is 13.2. The first kappa shape index (κ1) is 17.9. The van der Waals surface area contributed by atoms with Crippen molar-refractivity contribution in [1.82, 2.24) is 10.2 Å². The van der Waals surface area contributed by atoms with E-state index in [1.54, 1.807) is 17.0 Å². The fourth-order valence-electron chi connectivity index (χ4n) is 3.08. The van der Waals surface area contributed by atoms with Crippen LogP contribution in [0.3, 0.4) is 0 Å². The van der Waals surface area contributed by atoms with Crippen molar-refractivity contribution in [1.29, 1.82) is 0 Å². The van der Waals surface area contributed by atoms with Gasteiger partial charge in [-0.15, -0.1) is 0 Å². The van der Waals surface area contributed by atoms with Crippen LogP contribution >= 0.6 is 0 Å². The molecule has 6 heteroatoms. The molecule has 0 saturated carbocycles.